The topological polar surface area (TPSA) is 97.0 Å². The Morgan fingerprint density at radius 2 is 1.88 bits per heavy atom. The van der Waals surface area contributed by atoms with Crippen molar-refractivity contribution in [2.45, 2.75) is 4.90 Å². The minimum Gasteiger partial charge on any atom is -0.496 e. The van der Waals surface area contributed by atoms with Crippen LogP contribution in [0.15, 0.2) is 23.1 Å². The van der Waals surface area contributed by atoms with Crippen LogP contribution in [0.4, 0.5) is 0 Å². The monoisotopic (exact) mass is 429 g/mol. The van der Waals surface area contributed by atoms with Gasteiger partial charge >= 0.3 is 5.97 Å². The van der Waals surface area contributed by atoms with Gasteiger partial charge in [-0.2, -0.15) is 0 Å². The van der Waals surface area contributed by atoms with Gasteiger partial charge in [0.2, 0.25) is 10.0 Å². The van der Waals surface area contributed by atoms with Crippen LogP contribution in [0.25, 0.3) is 0 Å². The third-order valence-electron chi connectivity index (χ3n) is 3.82. The summed E-state index contributed by atoms with van der Waals surface area (Å²) in [5.41, 5.74) is 0.0741. The number of piperazine rings is 1. The third kappa shape index (κ3) is 6.57. The maximum atomic E-state index is 12.4. The Morgan fingerprint density at radius 3 is 2.46 bits per heavy atom. The van der Waals surface area contributed by atoms with Gasteiger partial charge in [-0.15, -0.1) is 24.8 Å². The molecule has 0 bridgehead atoms. The highest BCUT2D eigenvalue weighted by atomic mass is 35.5. The van der Waals surface area contributed by atoms with Crippen LogP contribution in [0, 0.1) is 0 Å². The number of esters is 1. The predicted molar refractivity (Wildman–Crippen MR) is 103 cm³/mol. The molecular formula is C15H25Cl2N3O5S. The van der Waals surface area contributed by atoms with Gasteiger partial charge in [-0.25, -0.2) is 17.9 Å². The number of carbonyl (C=O) groups is 1. The second-order valence-corrected chi connectivity index (χ2v) is 7.11. The van der Waals surface area contributed by atoms with E-state index in [0.717, 1.165) is 26.2 Å². The number of sulfonamides is 1. The summed E-state index contributed by atoms with van der Waals surface area (Å²) in [5, 5.41) is 3.24. The molecule has 0 aliphatic carbocycles. The molecule has 2 rings (SSSR count). The molecule has 1 heterocycles. The van der Waals surface area contributed by atoms with Gasteiger partial charge in [-0.05, 0) is 18.2 Å². The zero-order valence-electron chi connectivity index (χ0n) is 14.7. The summed E-state index contributed by atoms with van der Waals surface area (Å²) in [6, 6.07) is 4.10. The molecule has 2 N–H and O–H groups in total. The number of nitrogens with one attached hydrogen (secondary N) is 2. The van der Waals surface area contributed by atoms with Gasteiger partial charge in [0.05, 0.1) is 19.1 Å². The summed E-state index contributed by atoms with van der Waals surface area (Å²) in [6.45, 7) is 4.57. The average Bonchev–Trinajstić information content (AvgIpc) is 2.61. The van der Waals surface area contributed by atoms with E-state index >= 15 is 0 Å². The summed E-state index contributed by atoms with van der Waals surface area (Å²) in [6.07, 6.45) is 0. The maximum absolute atomic E-state index is 12.4. The molecule has 1 aliphatic heterocycles. The van der Waals surface area contributed by atoms with E-state index in [1.165, 1.54) is 32.4 Å². The minimum absolute atomic E-state index is 0. The Morgan fingerprint density at radius 1 is 1.23 bits per heavy atom. The summed E-state index contributed by atoms with van der Waals surface area (Å²) in [4.78, 5) is 14.0. The Bertz CT molecular complexity index is 682. The van der Waals surface area contributed by atoms with Crippen LogP contribution in [0.5, 0.6) is 5.75 Å². The Labute approximate surface area is 166 Å². The molecule has 0 atom stereocenters. The van der Waals surface area contributed by atoms with E-state index in [1.54, 1.807) is 0 Å². The van der Waals surface area contributed by atoms with Crippen LogP contribution in [-0.4, -0.2) is 72.8 Å². The van der Waals surface area contributed by atoms with Gasteiger partial charge in [-0.1, -0.05) is 0 Å². The zero-order valence-corrected chi connectivity index (χ0v) is 17.1. The van der Waals surface area contributed by atoms with E-state index in [2.05, 4.69) is 19.7 Å². The molecule has 150 valence electrons. The van der Waals surface area contributed by atoms with Gasteiger partial charge in [0.25, 0.3) is 0 Å². The molecule has 0 aromatic heterocycles. The molecule has 1 fully saturated rings. The Balaban J connectivity index is 0.00000312. The lowest BCUT2D eigenvalue weighted by Crippen LogP contribution is -2.46. The lowest BCUT2D eigenvalue weighted by Gasteiger charge is -2.27. The number of rotatable bonds is 7. The summed E-state index contributed by atoms with van der Waals surface area (Å²) >= 11 is 0. The molecule has 0 unspecified atom stereocenters. The molecule has 11 heteroatoms. The average molecular weight is 430 g/mol. The number of benzene rings is 1. The van der Waals surface area contributed by atoms with Crippen molar-refractivity contribution in [3.63, 3.8) is 0 Å². The quantitative estimate of drug-likeness (QED) is 0.609. The van der Waals surface area contributed by atoms with Crippen LogP contribution in [-0.2, 0) is 14.8 Å². The standard InChI is InChI=1S/C15H23N3O5S.2ClH/c1-22-14-4-3-12(11-13(14)15(19)23-2)24(20,21)17-7-10-18-8-5-16-6-9-18;;/h3-4,11,16-17H,5-10H2,1-2H3;2*1H. The van der Waals surface area contributed by atoms with Crippen molar-refractivity contribution in [3.05, 3.63) is 23.8 Å². The first-order chi connectivity index (χ1) is 11.5. The molecule has 8 nitrogen and oxygen atoms in total. The highest BCUT2D eigenvalue weighted by molar-refractivity contribution is 7.89. The SMILES string of the molecule is COC(=O)c1cc(S(=O)(=O)NCCN2CCNCC2)ccc1OC.Cl.Cl. The molecule has 0 radical (unpaired) electrons. The number of nitrogens with zero attached hydrogens (tertiary/aromatic N) is 1. The van der Waals surface area contributed by atoms with Crippen molar-refractivity contribution in [1.29, 1.82) is 0 Å². The second-order valence-electron chi connectivity index (χ2n) is 5.34. The molecule has 0 amide bonds. The number of methoxy groups -OCH3 is 2. The van der Waals surface area contributed by atoms with Crippen LogP contribution < -0.4 is 14.8 Å². The maximum Gasteiger partial charge on any atom is 0.341 e. The number of hydrogen-bond donors (Lipinski definition) is 2. The lowest BCUT2D eigenvalue weighted by molar-refractivity contribution is 0.0597. The van der Waals surface area contributed by atoms with Crippen LogP contribution in [0.2, 0.25) is 0 Å². The molecule has 1 saturated heterocycles. The number of ether oxygens (including phenoxy) is 2. The molecule has 1 aromatic carbocycles. The van der Waals surface area contributed by atoms with Gasteiger partial charge in [0.1, 0.15) is 11.3 Å². The largest absolute Gasteiger partial charge is 0.496 e. The predicted octanol–water partition coefficient (Wildman–Crippen LogP) is 0.509. The van der Waals surface area contributed by atoms with E-state index in [1.807, 2.05) is 0 Å². The van der Waals surface area contributed by atoms with E-state index < -0.39 is 16.0 Å². The van der Waals surface area contributed by atoms with Gasteiger partial charge in [-0.3, -0.25) is 4.90 Å². The molecule has 0 spiro atoms. The highest BCUT2D eigenvalue weighted by Crippen LogP contribution is 2.23. The third-order valence-corrected chi connectivity index (χ3v) is 5.27. The molecular weight excluding hydrogens is 405 g/mol. The normalized spacial score (nSPS) is 14.7. The zero-order chi connectivity index (χ0) is 17.6. The van der Waals surface area contributed by atoms with Crippen LogP contribution in [0.3, 0.4) is 0 Å². The van der Waals surface area contributed by atoms with Crippen molar-refractivity contribution < 1.29 is 22.7 Å². The molecule has 1 aromatic rings. The highest BCUT2D eigenvalue weighted by Gasteiger charge is 2.20. The van der Waals surface area contributed by atoms with Crippen molar-refractivity contribution in [1.82, 2.24) is 14.9 Å². The number of halogens is 2. The molecule has 0 saturated carbocycles. The van der Waals surface area contributed by atoms with Crippen molar-refractivity contribution in [2.24, 2.45) is 0 Å². The smallest absolute Gasteiger partial charge is 0.341 e. The van der Waals surface area contributed by atoms with Crippen LogP contribution in [0.1, 0.15) is 10.4 Å². The fourth-order valence-corrected chi connectivity index (χ4v) is 3.53. The van der Waals surface area contributed by atoms with E-state index in [9.17, 15) is 13.2 Å². The number of carbonyl (C=O) groups excluding carboxylic acids is 1. The van der Waals surface area contributed by atoms with E-state index in [0.29, 0.717) is 13.1 Å². The first-order valence-electron chi connectivity index (χ1n) is 7.67. The summed E-state index contributed by atoms with van der Waals surface area (Å²) in [5.74, 6) is -0.383. The van der Waals surface area contributed by atoms with Crippen molar-refractivity contribution >= 4 is 40.8 Å². The fourth-order valence-electron chi connectivity index (χ4n) is 2.48. The summed E-state index contributed by atoms with van der Waals surface area (Å²) < 4.78 is 37.1. The van der Waals surface area contributed by atoms with Crippen molar-refractivity contribution in [3.8, 4) is 5.75 Å². The Kier molecular flexibility index (Phi) is 11.1. The molecule has 26 heavy (non-hydrogen) atoms. The van der Waals surface area contributed by atoms with E-state index in [-0.39, 0.29) is 41.0 Å². The minimum atomic E-state index is -3.71. The van der Waals surface area contributed by atoms with Crippen LogP contribution >= 0.6 is 24.8 Å². The number of hydrogen-bond acceptors (Lipinski definition) is 7. The Hall–Kier alpha value is -1.10. The fraction of sp³-hybridized carbons (Fsp3) is 0.533. The first kappa shape index (κ1) is 24.9. The summed E-state index contributed by atoms with van der Waals surface area (Å²) in [7, 11) is -1.07. The van der Waals surface area contributed by atoms with Gasteiger partial charge in [0.15, 0.2) is 0 Å². The van der Waals surface area contributed by atoms with Gasteiger partial charge in [0, 0.05) is 39.3 Å². The van der Waals surface area contributed by atoms with Gasteiger partial charge < -0.3 is 14.8 Å². The lowest BCUT2D eigenvalue weighted by atomic mass is 10.2. The first-order valence-corrected chi connectivity index (χ1v) is 9.15. The van der Waals surface area contributed by atoms with E-state index in [4.69, 9.17) is 4.74 Å². The van der Waals surface area contributed by atoms with Crippen molar-refractivity contribution in [2.75, 3.05) is 53.5 Å². The molecule has 1 aliphatic rings. The second kappa shape index (κ2) is 11.6.